The van der Waals surface area contributed by atoms with Crippen LogP contribution in [0, 0.1) is 6.92 Å². The van der Waals surface area contributed by atoms with Crippen molar-refractivity contribution in [3.8, 4) is 22.4 Å². The van der Waals surface area contributed by atoms with Gasteiger partial charge >= 0.3 is 0 Å². The van der Waals surface area contributed by atoms with Crippen molar-refractivity contribution in [2.75, 3.05) is 0 Å². The lowest BCUT2D eigenvalue weighted by atomic mass is 9.93. The Labute approximate surface area is 192 Å². The van der Waals surface area contributed by atoms with Gasteiger partial charge in [-0.3, -0.25) is 4.98 Å². The van der Waals surface area contributed by atoms with E-state index < -0.39 is 0 Å². The molecule has 33 heavy (non-hydrogen) atoms. The Morgan fingerprint density at radius 2 is 1.45 bits per heavy atom. The molecule has 0 fully saturated rings. The maximum absolute atomic E-state index is 6.10. The third kappa shape index (κ3) is 3.48. The SMILES string of the molecule is Cc1cnc(-c2cnc3oc4ccccc4c3c2Cc2ccccc2)cc1-c1ccccc1. The van der Waals surface area contributed by atoms with E-state index in [1.54, 1.807) is 0 Å². The number of aryl methyl sites for hydroxylation is 1. The second-order valence-electron chi connectivity index (χ2n) is 8.34. The van der Waals surface area contributed by atoms with Gasteiger partial charge in [0.15, 0.2) is 0 Å². The Kier molecular flexibility index (Phi) is 4.73. The van der Waals surface area contributed by atoms with Gasteiger partial charge in [0, 0.05) is 23.3 Å². The normalized spacial score (nSPS) is 11.3. The first-order chi connectivity index (χ1) is 16.3. The molecular formula is C30H22N2O. The number of hydrogen-bond acceptors (Lipinski definition) is 3. The van der Waals surface area contributed by atoms with Crippen LogP contribution >= 0.6 is 0 Å². The molecule has 0 radical (unpaired) electrons. The van der Waals surface area contributed by atoms with Crippen molar-refractivity contribution >= 4 is 22.1 Å². The standard InChI is InChI=1S/C30H22N2O/c1-20-18-31-27(17-24(20)22-12-6-3-7-13-22)26-19-32-30-29(23-14-8-9-15-28(23)33-30)25(26)16-21-10-4-2-5-11-21/h2-15,17-19H,16H2,1H3. The molecule has 0 atom stereocenters. The van der Waals surface area contributed by atoms with E-state index in [1.165, 1.54) is 22.3 Å². The summed E-state index contributed by atoms with van der Waals surface area (Å²) >= 11 is 0. The van der Waals surface area contributed by atoms with E-state index in [0.29, 0.717) is 5.71 Å². The number of aromatic nitrogens is 2. The van der Waals surface area contributed by atoms with Gasteiger partial charge in [-0.15, -0.1) is 0 Å². The van der Waals surface area contributed by atoms with Gasteiger partial charge in [0.1, 0.15) is 5.58 Å². The molecule has 6 aromatic rings. The number of pyridine rings is 2. The Balaban J connectivity index is 1.62. The smallest absolute Gasteiger partial charge is 0.227 e. The molecule has 3 nitrogen and oxygen atoms in total. The molecule has 158 valence electrons. The summed E-state index contributed by atoms with van der Waals surface area (Å²) in [5, 5.41) is 2.15. The first-order valence-electron chi connectivity index (χ1n) is 11.1. The molecule has 0 saturated carbocycles. The Hall–Kier alpha value is -4.24. The van der Waals surface area contributed by atoms with Crippen LogP contribution in [0.25, 0.3) is 44.5 Å². The predicted molar refractivity (Wildman–Crippen MR) is 134 cm³/mol. The summed E-state index contributed by atoms with van der Waals surface area (Å²) in [6, 6.07) is 31.3. The molecule has 0 saturated heterocycles. The molecule has 0 spiro atoms. The summed E-state index contributed by atoms with van der Waals surface area (Å²) in [4.78, 5) is 9.55. The van der Waals surface area contributed by atoms with Crippen LogP contribution in [0.2, 0.25) is 0 Å². The minimum atomic E-state index is 0.668. The summed E-state index contributed by atoms with van der Waals surface area (Å²) < 4.78 is 6.10. The number of furan rings is 1. The van der Waals surface area contributed by atoms with Crippen molar-refractivity contribution in [1.29, 1.82) is 0 Å². The number of rotatable bonds is 4. The highest BCUT2D eigenvalue weighted by Gasteiger charge is 2.19. The molecule has 0 N–H and O–H groups in total. The molecule has 0 aliphatic heterocycles. The van der Waals surface area contributed by atoms with Gasteiger partial charge in [-0.05, 0) is 53.3 Å². The Morgan fingerprint density at radius 1 is 0.727 bits per heavy atom. The van der Waals surface area contributed by atoms with Gasteiger partial charge < -0.3 is 4.42 Å². The Bertz CT molecular complexity index is 1580. The van der Waals surface area contributed by atoms with Crippen molar-refractivity contribution in [3.63, 3.8) is 0 Å². The lowest BCUT2D eigenvalue weighted by Crippen LogP contribution is -1.98. The fourth-order valence-corrected chi connectivity index (χ4v) is 4.55. The largest absolute Gasteiger partial charge is 0.438 e. The molecule has 0 amide bonds. The summed E-state index contributed by atoms with van der Waals surface area (Å²) in [6.07, 6.45) is 4.64. The summed E-state index contributed by atoms with van der Waals surface area (Å²) in [7, 11) is 0. The first kappa shape index (κ1) is 19.4. The summed E-state index contributed by atoms with van der Waals surface area (Å²) in [5.74, 6) is 0. The highest BCUT2D eigenvalue weighted by Crippen LogP contribution is 2.37. The maximum atomic E-state index is 6.10. The minimum Gasteiger partial charge on any atom is -0.438 e. The molecular weight excluding hydrogens is 404 g/mol. The molecule has 0 aliphatic rings. The van der Waals surface area contributed by atoms with Crippen LogP contribution in [0.3, 0.4) is 0 Å². The van der Waals surface area contributed by atoms with Crippen LogP contribution in [0.4, 0.5) is 0 Å². The van der Waals surface area contributed by atoms with Crippen LogP contribution < -0.4 is 0 Å². The van der Waals surface area contributed by atoms with Crippen molar-refractivity contribution in [1.82, 2.24) is 9.97 Å². The molecule has 0 bridgehead atoms. The van der Waals surface area contributed by atoms with E-state index in [4.69, 9.17) is 14.4 Å². The number of para-hydroxylation sites is 1. The van der Waals surface area contributed by atoms with Crippen molar-refractivity contribution < 1.29 is 4.42 Å². The number of benzene rings is 3. The van der Waals surface area contributed by atoms with E-state index in [-0.39, 0.29) is 0 Å². The quantitative estimate of drug-likeness (QED) is 0.291. The number of hydrogen-bond donors (Lipinski definition) is 0. The van der Waals surface area contributed by atoms with E-state index in [1.807, 2.05) is 42.7 Å². The van der Waals surface area contributed by atoms with Crippen molar-refractivity contribution in [3.05, 3.63) is 120 Å². The fraction of sp³-hybridized carbons (Fsp3) is 0.0667. The van der Waals surface area contributed by atoms with Crippen LogP contribution in [0.15, 0.2) is 108 Å². The maximum Gasteiger partial charge on any atom is 0.227 e. The molecule has 0 unspecified atom stereocenters. The van der Waals surface area contributed by atoms with Crippen molar-refractivity contribution in [2.24, 2.45) is 0 Å². The van der Waals surface area contributed by atoms with Crippen molar-refractivity contribution in [2.45, 2.75) is 13.3 Å². The fourth-order valence-electron chi connectivity index (χ4n) is 4.55. The second kappa shape index (κ2) is 8.03. The lowest BCUT2D eigenvalue weighted by molar-refractivity contribution is 0.654. The van der Waals surface area contributed by atoms with Crippen LogP contribution in [0.5, 0.6) is 0 Å². The molecule has 3 aromatic carbocycles. The van der Waals surface area contributed by atoms with Crippen LogP contribution in [0.1, 0.15) is 16.7 Å². The zero-order valence-electron chi connectivity index (χ0n) is 18.3. The highest BCUT2D eigenvalue weighted by molar-refractivity contribution is 6.07. The molecule has 3 heteroatoms. The average Bonchev–Trinajstić information content (AvgIpc) is 3.25. The summed E-state index contributed by atoms with van der Waals surface area (Å²) in [6.45, 7) is 2.11. The van der Waals surface area contributed by atoms with Gasteiger partial charge in [0.25, 0.3) is 0 Å². The van der Waals surface area contributed by atoms with E-state index >= 15 is 0 Å². The van der Waals surface area contributed by atoms with Gasteiger partial charge in [-0.25, -0.2) is 4.98 Å². The third-order valence-electron chi connectivity index (χ3n) is 6.20. The van der Waals surface area contributed by atoms with E-state index in [9.17, 15) is 0 Å². The lowest BCUT2D eigenvalue weighted by Gasteiger charge is -2.13. The zero-order chi connectivity index (χ0) is 22.2. The second-order valence-corrected chi connectivity index (χ2v) is 8.34. The van der Waals surface area contributed by atoms with E-state index in [2.05, 4.69) is 67.6 Å². The molecule has 3 heterocycles. The highest BCUT2D eigenvalue weighted by atomic mass is 16.3. The van der Waals surface area contributed by atoms with Crippen LogP contribution in [-0.4, -0.2) is 9.97 Å². The average molecular weight is 427 g/mol. The van der Waals surface area contributed by atoms with Crippen LogP contribution in [-0.2, 0) is 6.42 Å². The number of nitrogens with zero attached hydrogens (tertiary/aromatic N) is 2. The molecule has 3 aromatic heterocycles. The van der Waals surface area contributed by atoms with E-state index in [0.717, 1.165) is 39.6 Å². The zero-order valence-corrected chi connectivity index (χ0v) is 18.3. The predicted octanol–water partition coefficient (Wildman–Crippen LogP) is 7.61. The van der Waals surface area contributed by atoms with Gasteiger partial charge in [-0.2, -0.15) is 0 Å². The first-order valence-corrected chi connectivity index (χ1v) is 11.1. The third-order valence-corrected chi connectivity index (χ3v) is 6.20. The van der Waals surface area contributed by atoms with Gasteiger partial charge in [0.2, 0.25) is 5.71 Å². The van der Waals surface area contributed by atoms with Gasteiger partial charge in [-0.1, -0.05) is 78.9 Å². The Morgan fingerprint density at radius 3 is 2.27 bits per heavy atom. The topological polar surface area (TPSA) is 38.9 Å². The number of fused-ring (bicyclic) bond motifs is 3. The van der Waals surface area contributed by atoms with Gasteiger partial charge in [0.05, 0.1) is 11.1 Å². The molecule has 0 aliphatic carbocycles. The molecule has 6 rings (SSSR count). The monoisotopic (exact) mass is 426 g/mol. The minimum absolute atomic E-state index is 0.668. The summed E-state index contributed by atoms with van der Waals surface area (Å²) in [5.41, 5.74) is 9.43.